The molecular formula is C14H18N2O3. The molecule has 1 fully saturated rings. The number of rotatable bonds is 2. The number of carbonyl (C=O) groups excluding carboxylic acids is 2. The molecule has 0 saturated carbocycles. The Morgan fingerprint density at radius 2 is 2.21 bits per heavy atom. The van der Waals surface area contributed by atoms with Crippen LogP contribution in [0.5, 0.6) is 0 Å². The van der Waals surface area contributed by atoms with Crippen LogP contribution in [0, 0.1) is 11.8 Å². The van der Waals surface area contributed by atoms with Crippen molar-refractivity contribution in [1.82, 2.24) is 9.88 Å². The predicted octanol–water partition coefficient (Wildman–Crippen LogP) is 1.35. The molecule has 0 aromatic carbocycles. The van der Waals surface area contributed by atoms with E-state index in [9.17, 15) is 9.59 Å². The Morgan fingerprint density at radius 1 is 1.42 bits per heavy atom. The molecule has 1 aromatic rings. The van der Waals surface area contributed by atoms with Crippen LogP contribution in [0.3, 0.4) is 0 Å². The minimum absolute atomic E-state index is 0.0734. The minimum atomic E-state index is -0.183. The first-order chi connectivity index (χ1) is 9.13. The van der Waals surface area contributed by atoms with Gasteiger partial charge in [-0.25, -0.2) is 0 Å². The van der Waals surface area contributed by atoms with Gasteiger partial charge in [0.1, 0.15) is 5.69 Å². The molecule has 0 bridgehead atoms. The Bertz CT molecular complexity index is 461. The molecule has 5 heteroatoms. The molecule has 5 nitrogen and oxygen atoms in total. The molecular weight excluding hydrogens is 244 g/mol. The number of carbonyl (C=O) groups is 2. The number of nitrogens with zero attached hydrogens (tertiary/aromatic N) is 2. The van der Waals surface area contributed by atoms with Gasteiger partial charge in [0.25, 0.3) is 5.91 Å². The lowest BCUT2D eigenvalue weighted by molar-refractivity contribution is -0.148. The summed E-state index contributed by atoms with van der Waals surface area (Å²) in [5.41, 5.74) is 0.450. The van der Waals surface area contributed by atoms with Gasteiger partial charge in [-0.05, 0) is 24.5 Å². The van der Waals surface area contributed by atoms with E-state index in [1.54, 1.807) is 29.3 Å². The van der Waals surface area contributed by atoms with Crippen molar-refractivity contribution < 1.29 is 14.3 Å². The molecule has 0 aliphatic carbocycles. The molecule has 0 radical (unpaired) electrons. The molecule has 1 saturated heterocycles. The van der Waals surface area contributed by atoms with Gasteiger partial charge in [0.2, 0.25) is 0 Å². The SMILES string of the molecule is COC(=O)[C@@H]1CCN(C(=O)c2ccccn2)C[C@H]1C. The van der Waals surface area contributed by atoms with E-state index in [2.05, 4.69) is 4.98 Å². The number of pyridine rings is 1. The number of methoxy groups -OCH3 is 1. The third kappa shape index (κ3) is 2.92. The van der Waals surface area contributed by atoms with E-state index in [0.717, 1.165) is 0 Å². The molecule has 1 aromatic heterocycles. The smallest absolute Gasteiger partial charge is 0.309 e. The number of amides is 1. The van der Waals surface area contributed by atoms with E-state index in [1.165, 1.54) is 7.11 Å². The number of esters is 1. The summed E-state index contributed by atoms with van der Waals surface area (Å²) in [5.74, 6) is -0.264. The Hall–Kier alpha value is -1.91. The van der Waals surface area contributed by atoms with Gasteiger partial charge in [-0.2, -0.15) is 0 Å². The van der Waals surface area contributed by atoms with Gasteiger partial charge >= 0.3 is 5.97 Å². The first kappa shape index (κ1) is 13.5. The second-order valence-electron chi connectivity index (χ2n) is 4.86. The van der Waals surface area contributed by atoms with Gasteiger partial charge in [-0.1, -0.05) is 13.0 Å². The Balaban J connectivity index is 2.02. The highest BCUT2D eigenvalue weighted by atomic mass is 16.5. The summed E-state index contributed by atoms with van der Waals surface area (Å²) in [5, 5.41) is 0. The zero-order valence-electron chi connectivity index (χ0n) is 11.2. The van der Waals surface area contributed by atoms with Crippen molar-refractivity contribution in [1.29, 1.82) is 0 Å². The lowest BCUT2D eigenvalue weighted by atomic mass is 9.87. The molecule has 2 heterocycles. The van der Waals surface area contributed by atoms with E-state index in [1.807, 2.05) is 6.92 Å². The molecule has 1 amide bonds. The summed E-state index contributed by atoms with van der Waals surface area (Å²) >= 11 is 0. The summed E-state index contributed by atoms with van der Waals surface area (Å²) in [4.78, 5) is 29.6. The topological polar surface area (TPSA) is 59.5 Å². The fourth-order valence-corrected chi connectivity index (χ4v) is 2.48. The zero-order valence-corrected chi connectivity index (χ0v) is 11.2. The molecule has 19 heavy (non-hydrogen) atoms. The summed E-state index contributed by atoms with van der Waals surface area (Å²) in [7, 11) is 1.40. The molecule has 1 aliphatic rings. The highest BCUT2D eigenvalue weighted by Gasteiger charge is 2.34. The highest BCUT2D eigenvalue weighted by Crippen LogP contribution is 2.25. The van der Waals surface area contributed by atoms with Crippen molar-refractivity contribution in [2.24, 2.45) is 11.8 Å². The van der Waals surface area contributed by atoms with E-state index < -0.39 is 0 Å². The molecule has 2 rings (SSSR count). The quantitative estimate of drug-likeness (QED) is 0.755. The van der Waals surface area contributed by atoms with E-state index in [4.69, 9.17) is 4.74 Å². The van der Waals surface area contributed by atoms with Gasteiger partial charge < -0.3 is 9.64 Å². The van der Waals surface area contributed by atoms with Crippen LogP contribution in [-0.4, -0.2) is 42.0 Å². The second-order valence-corrected chi connectivity index (χ2v) is 4.86. The van der Waals surface area contributed by atoms with Crippen molar-refractivity contribution in [2.75, 3.05) is 20.2 Å². The maximum absolute atomic E-state index is 12.2. The molecule has 102 valence electrons. The normalized spacial score (nSPS) is 22.9. The third-order valence-corrected chi connectivity index (χ3v) is 3.58. The van der Waals surface area contributed by atoms with Crippen LogP contribution in [0.15, 0.2) is 24.4 Å². The Labute approximate surface area is 112 Å². The Morgan fingerprint density at radius 3 is 2.79 bits per heavy atom. The maximum atomic E-state index is 12.2. The fraction of sp³-hybridized carbons (Fsp3) is 0.500. The Kier molecular flexibility index (Phi) is 4.14. The van der Waals surface area contributed by atoms with Crippen molar-refractivity contribution in [3.05, 3.63) is 30.1 Å². The molecule has 0 N–H and O–H groups in total. The number of piperidine rings is 1. The van der Waals surface area contributed by atoms with E-state index in [-0.39, 0.29) is 23.7 Å². The fourth-order valence-electron chi connectivity index (χ4n) is 2.48. The summed E-state index contributed by atoms with van der Waals surface area (Å²) in [6, 6.07) is 5.28. The van der Waals surface area contributed by atoms with E-state index in [0.29, 0.717) is 25.2 Å². The van der Waals surface area contributed by atoms with Gasteiger partial charge in [0.15, 0.2) is 0 Å². The lowest BCUT2D eigenvalue weighted by Crippen LogP contribution is -2.45. The van der Waals surface area contributed by atoms with Gasteiger partial charge in [-0.3, -0.25) is 14.6 Å². The largest absolute Gasteiger partial charge is 0.469 e. The van der Waals surface area contributed by atoms with Crippen LogP contribution in [0.4, 0.5) is 0 Å². The monoisotopic (exact) mass is 262 g/mol. The summed E-state index contributed by atoms with van der Waals surface area (Å²) in [6.45, 7) is 3.11. The van der Waals surface area contributed by atoms with Crippen LogP contribution >= 0.6 is 0 Å². The summed E-state index contributed by atoms with van der Waals surface area (Å²) < 4.78 is 4.79. The van der Waals surface area contributed by atoms with Gasteiger partial charge in [0, 0.05) is 19.3 Å². The van der Waals surface area contributed by atoms with Crippen LogP contribution < -0.4 is 0 Å². The number of aromatic nitrogens is 1. The van der Waals surface area contributed by atoms with Gasteiger partial charge in [-0.15, -0.1) is 0 Å². The highest BCUT2D eigenvalue weighted by molar-refractivity contribution is 5.92. The molecule has 1 aliphatic heterocycles. The van der Waals surface area contributed by atoms with Crippen molar-refractivity contribution >= 4 is 11.9 Å². The average Bonchev–Trinajstić information content (AvgIpc) is 2.46. The molecule has 0 spiro atoms. The number of ether oxygens (including phenoxy) is 1. The zero-order chi connectivity index (χ0) is 13.8. The molecule has 2 atom stereocenters. The third-order valence-electron chi connectivity index (χ3n) is 3.58. The van der Waals surface area contributed by atoms with Crippen LogP contribution in [-0.2, 0) is 9.53 Å². The lowest BCUT2D eigenvalue weighted by Gasteiger charge is -2.35. The number of likely N-dealkylation sites (tertiary alicyclic amines) is 1. The standard InChI is InChI=1S/C14H18N2O3/c1-10-9-16(8-6-11(10)14(18)19-2)13(17)12-5-3-4-7-15-12/h3-5,7,10-11H,6,8-9H2,1-2H3/t10-,11-/m1/s1. The molecule has 0 unspecified atom stereocenters. The summed E-state index contributed by atoms with van der Waals surface area (Å²) in [6.07, 6.45) is 2.25. The average molecular weight is 262 g/mol. The van der Waals surface area contributed by atoms with Gasteiger partial charge in [0.05, 0.1) is 13.0 Å². The maximum Gasteiger partial charge on any atom is 0.309 e. The van der Waals surface area contributed by atoms with Crippen molar-refractivity contribution in [3.63, 3.8) is 0 Å². The minimum Gasteiger partial charge on any atom is -0.469 e. The first-order valence-electron chi connectivity index (χ1n) is 6.41. The first-order valence-corrected chi connectivity index (χ1v) is 6.41. The van der Waals surface area contributed by atoms with Crippen molar-refractivity contribution in [2.45, 2.75) is 13.3 Å². The van der Waals surface area contributed by atoms with Crippen molar-refractivity contribution in [3.8, 4) is 0 Å². The van der Waals surface area contributed by atoms with Crippen LogP contribution in [0.2, 0.25) is 0 Å². The number of hydrogen-bond donors (Lipinski definition) is 0. The van der Waals surface area contributed by atoms with Crippen LogP contribution in [0.1, 0.15) is 23.8 Å². The van der Waals surface area contributed by atoms with Crippen LogP contribution in [0.25, 0.3) is 0 Å². The predicted molar refractivity (Wildman–Crippen MR) is 69.4 cm³/mol. The van der Waals surface area contributed by atoms with E-state index >= 15 is 0 Å². The second kappa shape index (κ2) is 5.82. The number of hydrogen-bond acceptors (Lipinski definition) is 4.